The normalized spacial score (nSPS) is 25.1. The highest BCUT2D eigenvalue weighted by Crippen LogP contribution is 2.49. The van der Waals surface area contributed by atoms with E-state index in [-0.39, 0.29) is 17.4 Å². The standard InChI is InChI=1S/C15H16F3NO3S/c16-15(17,18)11-3-1-2-10(8-11)14(5-6-14)13(20)19-12-4-7-23(21,22)9-12/h1-3,8,12H,4-7,9H2,(H,19,20). The van der Waals surface area contributed by atoms with Gasteiger partial charge in [0.15, 0.2) is 9.84 Å². The van der Waals surface area contributed by atoms with Crippen molar-refractivity contribution in [2.24, 2.45) is 0 Å². The molecule has 0 radical (unpaired) electrons. The fourth-order valence-electron chi connectivity index (χ4n) is 3.00. The number of alkyl halides is 3. The predicted molar refractivity (Wildman–Crippen MR) is 77.6 cm³/mol. The highest BCUT2D eigenvalue weighted by atomic mass is 32.2. The van der Waals surface area contributed by atoms with E-state index < -0.39 is 33.0 Å². The Labute approximate surface area is 132 Å². The van der Waals surface area contributed by atoms with E-state index in [0.717, 1.165) is 12.1 Å². The molecule has 23 heavy (non-hydrogen) atoms. The van der Waals surface area contributed by atoms with Crippen LogP contribution < -0.4 is 5.32 Å². The third-order valence-corrected chi connectivity index (χ3v) is 6.26. The highest BCUT2D eigenvalue weighted by Gasteiger charge is 2.52. The van der Waals surface area contributed by atoms with Crippen LogP contribution in [0.3, 0.4) is 0 Å². The van der Waals surface area contributed by atoms with Gasteiger partial charge in [-0.15, -0.1) is 0 Å². The molecule has 1 saturated heterocycles. The lowest BCUT2D eigenvalue weighted by Gasteiger charge is -2.20. The van der Waals surface area contributed by atoms with Crippen molar-refractivity contribution in [2.75, 3.05) is 11.5 Å². The van der Waals surface area contributed by atoms with Crippen LogP contribution in [0, 0.1) is 0 Å². The number of amides is 1. The molecular formula is C15H16F3NO3S. The van der Waals surface area contributed by atoms with Crippen LogP contribution in [-0.4, -0.2) is 31.9 Å². The average Bonchev–Trinajstić information content (AvgIpc) is 3.19. The van der Waals surface area contributed by atoms with E-state index in [9.17, 15) is 26.4 Å². The molecule has 1 atom stereocenters. The molecule has 8 heteroatoms. The van der Waals surface area contributed by atoms with Crippen LogP contribution in [0.1, 0.15) is 30.4 Å². The molecule has 1 aromatic rings. The SMILES string of the molecule is O=C(NC1CCS(=O)(=O)C1)C1(c2cccc(C(F)(F)F)c2)CC1. The van der Waals surface area contributed by atoms with Crippen LogP contribution >= 0.6 is 0 Å². The summed E-state index contributed by atoms with van der Waals surface area (Å²) >= 11 is 0. The van der Waals surface area contributed by atoms with Crippen molar-refractivity contribution in [2.45, 2.75) is 36.9 Å². The number of benzene rings is 1. The first-order valence-electron chi connectivity index (χ1n) is 7.32. The number of sulfone groups is 1. The molecule has 1 aromatic carbocycles. The average molecular weight is 347 g/mol. The Kier molecular flexibility index (Phi) is 3.70. The van der Waals surface area contributed by atoms with Gasteiger partial charge in [0.05, 0.1) is 22.5 Å². The molecule has 3 rings (SSSR count). The van der Waals surface area contributed by atoms with Crippen molar-refractivity contribution in [3.63, 3.8) is 0 Å². The number of carbonyl (C=O) groups is 1. The maximum Gasteiger partial charge on any atom is 0.416 e. The lowest BCUT2D eigenvalue weighted by atomic mass is 9.93. The van der Waals surface area contributed by atoms with Crippen LogP contribution in [0.15, 0.2) is 24.3 Å². The van der Waals surface area contributed by atoms with E-state index in [2.05, 4.69) is 5.32 Å². The second-order valence-corrected chi connectivity index (χ2v) is 8.46. The minimum atomic E-state index is -4.46. The summed E-state index contributed by atoms with van der Waals surface area (Å²) in [5.74, 6) is -0.440. The summed E-state index contributed by atoms with van der Waals surface area (Å²) in [6.07, 6.45) is -3.16. The van der Waals surface area contributed by atoms with Gasteiger partial charge in [-0.05, 0) is 30.9 Å². The molecule has 1 unspecified atom stereocenters. The first-order chi connectivity index (χ1) is 10.6. The Balaban J connectivity index is 1.78. The van der Waals surface area contributed by atoms with Crippen LogP contribution in [0.4, 0.5) is 13.2 Å². The summed E-state index contributed by atoms with van der Waals surface area (Å²) in [7, 11) is -3.12. The highest BCUT2D eigenvalue weighted by molar-refractivity contribution is 7.91. The van der Waals surface area contributed by atoms with Crippen LogP contribution in [0.25, 0.3) is 0 Å². The van der Waals surface area contributed by atoms with Crippen molar-refractivity contribution in [3.8, 4) is 0 Å². The Morgan fingerprint density at radius 3 is 2.48 bits per heavy atom. The number of nitrogens with one attached hydrogen (secondary N) is 1. The van der Waals surface area contributed by atoms with E-state index in [1.54, 1.807) is 0 Å². The lowest BCUT2D eigenvalue weighted by Crippen LogP contribution is -2.42. The summed E-state index contributed by atoms with van der Waals surface area (Å²) in [5.41, 5.74) is -1.39. The zero-order chi connectivity index (χ0) is 16.9. The Morgan fingerprint density at radius 1 is 1.26 bits per heavy atom. The Hall–Kier alpha value is -1.57. The summed E-state index contributed by atoms with van der Waals surface area (Å²) in [5, 5.41) is 2.69. The summed E-state index contributed by atoms with van der Waals surface area (Å²) in [4.78, 5) is 12.5. The van der Waals surface area contributed by atoms with Gasteiger partial charge >= 0.3 is 6.18 Å². The quantitative estimate of drug-likeness (QED) is 0.910. The molecule has 1 saturated carbocycles. The minimum absolute atomic E-state index is 0.0362. The van der Waals surface area contributed by atoms with Crippen molar-refractivity contribution >= 4 is 15.7 Å². The van der Waals surface area contributed by atoms with Crippen LogP contribution in [0.5, 0.6) is 0 Å². The largest absolute Gasteiger partial charge is 0.416 e. The van der Waals surface area contributed by atoms with E-state index in [4.69, 9.17) is 0 Å². The van der Waals surface area contributed by atoms with Gasteiger partial charge in [-0.3, -0.25) is 4.79 Å². The molecule has 0 spiro atoms. The molecule has 2 fully saturated rings. The smallest absolute Gasteiger partial charge is 0.352 e. The fraction of sp³-hybridized carbons (Fsp3) is 0.533. The van der Waals surface area contributed by atoms with Gasteiger partial charge < -0.3 is 5.32 Å². The molecule has 0 aromatic heterocycles. The maximum absolute atomic E-state index is 12.8. The predicted octanol–water partition coefficient (Wildman–Crippen LogP) is 2.04. The molecule has 1 N–H and O–H groups in total. The topological polar surface area (TPSA) is 63.2 Å². The van der Waals surface area contributed by atoms with E-state index >= 15 is 0 Å². The third-order valence-electron chi connectivity index (χ3n) is 4.49. The minimum Gasteiger partial charge on any atom is -0.352 e. The van der Waals surface area contributed by atoms with Gasteiger partial charge in [0.1, 0.15) is 0 Å². The van der Waals surface area contributed by atoms with Crippen molar-refractivity contribution in [1.82, 2.24) is 5.32 Å². The fourth-order valence-corrected chi connectivity index (χ4v) is 4.67. The van der Waals surface area contributed by atoms with Gasteiger partial charge in [0.25, 0.3) is 0 Å². The van der Waals surface area contributed by atoms with E-state index in [0.29, 0.717) is 24.8 Å². The number of carbonyl (C=O) groups excluding carboxylic acids is 1. The molecule has 1 amide bonds. The van der Waals surface area contributed by atoms with Gasteiger partial charge in [-0.1, -0.05) is 18.2 Å². The molecule has 126 valence electrons. The molecule has 1 aliphatic heterocycles. The van der Waals surface area contributed by atoms with Crippen molar-refractivity contribution in [1.29, 1.82) is 0 Å². The second kappa shape index (κ2) is 5.22. The van der Waals surface area contributed by atoms with Crippen LogP contribution in [-0.2, 0) is 26.2 Å². The molecule has 1 heterocycles. The molecule has 2 aliphatic rings. The lowest BCUT2D eigenvalue weighted by molar-refractivity contribution is -0.137. The van der Waals surface area contributed by atoms with Gasteiger partial charge in [-0.2, -0.15) is 13.2 Å². The molecule has 0 bridgehead atoms. The molecular weight excluding hydrogens is 331 g/mol. The van der Waals surface area contributed by atoms with Crippen molar-refractivity contribution in [3.05, 3.63) is 35.4 Å². The first kappa shape index (κ1) is 16.3. The Morgan fingerprint density at radius 2 is 1.96 bits per heavy atom. The van der Waals surface area contributed by atoms with Gasteiger partial charge in [-0.25, -0.2) is 8.42 Å². The van der Waals surface area contributed by atoms with E-state index in [1.807, 2.05) is 0 Å². The zero-order valence-corrected chi connectivity index (χ0v) is 13.0. The summed E-state index contributed by atoms with van der Waals surface area (Å²) in [6, 6.07) is 4.35. The number of hydrogen-bond acceptors (Lipinski definition) is 3. The van der Waals surface area contributed by atoms with Gasteiger partial charge in [0, 0.05) is 6.04 Å². The number of hydrogen-bond donors (Lipinski definition) is 1. The summed E-state index contributed by atoms with van der Waals surface area (Å²) < 4.78 is 61.3. The monoisotopic (exact) mass is 347 g/mol. The maximum atomic E-state index is 12.8. The summed E-state index contributed by atoms with van der Waals surface area (Å²) in [6.45, 7) is 0. The first-order valence-corrected chi connectivity index (χ1v) is 9.14. The zero-order valence-electron chi connectivity index (χ0n) is 12.2. The van der Waals surface area contributed by atoms with E-state index in [1.165, 1.54) is 12.1 Å². The molecule has 1 aliphatic carbocycles. The molecule has 4 nitrogen and oxygen atoms in total. The third kappa shape index (κ3) is 3.22. The van der Waals surface area contributed by atoms with Crippen molar-refractivity contribution < 1.29 is 26.4 Å². The number of halogens is 3. The second-order valence-electron chi connectivity index (χ2n) is 6.23. The number of rotatable bonds is 3. The van der Waals surface area contributed by atoms with Crippen LogP contribution in [0.2, 0.25) is 0 Å². The van der Waals surface area contributed by atoms with Gasteiger partial charge in [0.2, 0.25) is 5.91 Å². The Bertz CT molecular complexity index is 739.